The van der Waals surface area contributed by atoms with Crippen LogP contribution in [0.3, 0.4) is 0 Å². The lowest BCUT2D eigenvalue weighted by molar-refractivity contribution is 0.194. The van der Waals surface area contributed by atoms with Gasteiger partial charge < -0.3 is 4.90 Å². The Balaban J connectivity index is 1.26. The minimum Gasteiger partial charge on any atom is -0.352 e. The Bertz CT molecular complexity index is 919. The van der Waals surface area contributed by atoms with Crippen LogP contribution in [-0.2, 0) is 13.6 Å². The van der Waals surface area contributed by atoms with Gasteiger partial charge in [-0.2, -0.15) is 4.52 Å². The maximum atomic E-state index is 4.81. The number of rotatable bonds is 5. The van der Waals surface area contributed by atoms with Gasteiger partial charge in [0.2, 0.25) is 0 Å². The zero-order valence-corrected chi connectivity index (χ0v) is 15.2. The van der Waals surface area contributed by atoms with E-state index in [1.165, 1.54) is 19.3 Å². The molecule has 4 heterocycles. The van der Waals surface area contributed by atoms with Crippen molar-refractivity contribution in [1.29, 1.82) is 0 Å². The van der Waals surface area contributed by atoms with E-state index in [-0.39, 0.29) is 0 Å². The molecule has 0 aromatic carbocycles. The number of fused-ring (bicyclic) bond motifs is 1. The summed E-state index contributed by atoms with van der Waals surface area (Å²) in [7, 11) is 4.04. The monoisotopic (exact) mass is 353 g/mol. The molecular weight excluding hydrogens is 330 g/mol. The summed E-state index contributed by atoms with van der Waals surface area (Å²) in [5.74, 6) is 2.54. The van der Waals surface area contributed by atoms with Gasteiger partial charge in [-0.1, -0.05) is 11.6 Å². The smallest absolute Gasteiger partial charge is 0.178 e. The lowest BCUT2D eigenvalue weighted by atomic mass is 9.85. The summed E-state index contributed by atoms with van der Waals surface area (Å²) in [6.07, 6.45) is 5.65. The van der Waals surface area contributed by atoms with Crippen molar-refractivity contribution < 1.29 is 0 Å². The van der Waals surface area contributed by atoms with E-state index in [1.54, 1.807) is 4.68 Å². The number of anilines is 1. The number of aromatic nitrogens is 7. The van der Waals surface area contributed by atoms with Crippen LogP contribution in [0.2, 0.25) is 0 Å². The van der Waals surface area contributed by atoms with Crippen LogP contribution < -0.4 is 4.90 Å². The van der Waals surface area contributed by atoms with Crippen LogP contribution >= 0.6 is 0 Å². The summed E-state index contributed by atoms with van der Waals surface area (Å²) in [4.78, 5) is 4.64. The third-order valence-electron chi connectivity index (χ3n) is 5.61. The number of nitrogens with zero attached hydrogens (tertiary/aromatic N) is 9. The second-order valence-corrected chi connectivity index (χ2v) is 7.51. The maximum Gasteiger partial charge on any atom is 0.178 e. The average Bonchev–Trinajstić information content (AvgIpc) is 3.11. The Labute approximate surface area is 151 Å². The highest BCUT2D eigenvalue weighted by Gasteiger charge is 2.32. The molecule has 0 amide bonds. The number of hydrogen-bond donors (Lipinski definition) is 0. The van der Waals surface area contributed by atoms with E-state index < -0.39 is 0 Å². The molecule has 2 fully saturated rings. The van der Waals surface area contributed by atoms with E-state index in [9.17, 15) is 0 Å². The second-order valence-electron chi connectivity index (χ2n) is 7.51. The quantitative estimate of drug-likeness (QED) is 0.672. The van der Waals surface area contributed by atoms with Gasteiger partial charge in [-0.3, -0.25) is 9.58 Å². The predicted octanol–water partition coefficient (Wildman–Crippen LogP) is 0.841. The fraction of sp³-hybridized carbons (Fsp3) is 0.588. The number of hydrogen-bond acceptors (Lipinski definition) is 7. The zero-order valence-electron chi connectivity index (χ0n) is 15.2. The summed E-state index contributed by atoms with van der Waals surface area (Å²) in [6, 6.07) is 4.57. The van der Waals surface area contributed by atoms with Crippen LogP contribution in [0.1, 0.15) is 36.7 Å². The van der Waals surface area contributed by atoms with Gasteiger partial charge in [0.25, 0.3) is 0 Å². The van der Waals surface area contributed by atoms with Gasteiger partial charge in [-0.25, -0.2) is 0 Å². The Morgan fingerprint density at radius 1 is 1.15 bits per heavy atom. The zero-order chi connectivity index (χ0) is 17.7. The normalized spacial score (nSPS) is 18.5. The first kappa shape index (κ1) is 15.7. The largest absolute Gasteiger partial charge is 0.352 e. The topological polar surface area (TPSA) is 80.3 Å². The van der Waals surface area contributed by atoms with Gasteiger partial charge in [0, 0.05) is 44.8 Å². The standard InChI is InChI=1S/C17H23N9/c1-23(8-13-9-24(2)22-18-13)14-10-25(11-14)16-7-6-15-19-20-17(26(15)21-16)12-4-3-5-12/h6-7,9,12,14H,3-5,8,10-11H2,1-2H3. The predicted molar refractivity (Wildman–Crippen MR) is 95.8 cm³/mol. The average molecular weight is 353 g/mol. The molecule has 0 atom stereocenters. The van der Waals surface area contributed by atoms with Crippen LogP contribution in [0.25, 0.3) is 5.65 Å². The van der Waals surface area contributed by atoms with Crippen molar-refractivity contribution in [3.8, 4) is 0 Å². The molecule has 0 spiro atoms. The molecule has 3 aromatic heterocycles. The van der Waals surface area contributed by atoms with Crippen LogP contribution in [0, 0.1) is 0 Å². The van der Waals surface area contributed by atoms with Gasteiger partial charge in [0.1, 0.15) is 5.82 Å². The van der Waals surface area contributed by atoms with Crippen LogP contribution in [0.4, 0.5) is 5.82 Å². The maximum absolute atomic E-state index is 4.81. The number of likely N-dealkylation sites (N-methyl/N-ethyl adjacent to an activating group) is 1. The molecule has 5 rings (SSSR count). The SMILES string of the molecule is CN(Cc1cn(C)nn1)C1CN(c2ccc3nnc(C4CCC4)n3n2)C1. The Morgan fingerprint density at radius 3 is 2.69 bits per heavy atom. The minimum atomic E-state index is 0.501. The third-order valence-corrected chi connectivity index (χ3v) is 5.61. The Hall–Kier alpha value is -2.55. The van der Waals surface area contributed by atoms with Gasteiger partial charge in [0.15, 0.2) is 11.5 Å². The lowest BCUT2D eigenvalue weighted by Crippen LogP contribution is -2.58. The molecule has 1 saturated heterocycles. The van der Waals surface area contributed by atoms with E-state index in [1.807, 2.05) is 29.9 Å². The van der Waals surface area contributed by atoms with Crippen molar-refractivity contribution in [2.75, 3.05) is 25.0 Å². The van der Waals surface area contributed by atoms with Crippen molar-refractivity contribution in [2.24, 2.45) is 7.05 Å². The van der Waals surface area contributed by atoms with Crippen molar-refractivity contribution in [3.63, 3.8) is 0 Å². The molecular formula is C17H23N9. The lowest BCUT2D eigenvalue weighted by Gasteiger charge is -2.44. The van der Waals surface area contributed by atoms with Crippen LogP contribution in [-0.4, -0.2) is 65.9 Å². The third kappa shape index (κ3) is 2.63. The highest BCUT2D eigenvalue weighted by Crippen LogP contribution is 2.35. The van der Waals surface area contributed by atoms with E-state index in [2.05, 4.69) is 37.4 Å². The molecule has 26 heavy (non-hydrogen) atoms. The van der Waals surface area contributed by atoms with Crippen molar-refractivity contribution >= 4 is 11.5 Å². The second kappa shape index (κ2) is 6.01. The van der Waals surface area contributed by atoms with Gasteiger partial charge in [-0.05, 0) is 32.0 Å². The Kier molecular flexibility index (Phi) is 3.63. The number of aryl methyl sites for hydroxylation is 1. The molecule has 9 nitrogen and oxygen atoms in total. The highest BCUT2D eigenvalue weighted by molar-refractivity contribution is 5.48. The molecule has 0 bridgehead atoms. The molecule has 0 N–H and O–H groups in total. The molecule has 1 aliphatic heterocycles. The first-order valence-electron chi connectivity index (χ1n) is 9.20. The summed E-state index contributed by atoms with van der Waals surface area (Å²) in [5, 5.41) is 21.6. The molecule has 0 unspecified atom stereocenters. The van der Waals surface area contributed by atoms with Crippen molar-refractivity contribution in [1.82, 2.24) is 39.7 Å². The van der Waals surface area contributed by atoms with Crippen LogP contribution in [0.5, 0.6) is 0 Å². The first-order valence-corrected chi connectivity index (χ1v) is 9.20. The van der Waals surface area contributed by atoms with E-state index in [0.29, 0.717) is 12.0 Å². The highest BCUT2D eigenvalue weighted by atomic mass is 15.4. The summed E-state index contributed by atoms with van der Waals surface area (Å²) < 4.78 is 3.68. The molecule has 2 aliphatic rings. The van der Waals surface area contributed by atoms with E-state index >= 15 is 0 Å². The fourth-order valence-electron chi connectivity index (χ4n) is 3.66. The molecule has 3 aromatic rings. The van der Waals surface area contributed by atoms with Gasteiger partial charge >= 0.3 is 0 Å². The van der Waals surface area contributed by atoms with Crippen molar-refractivity contribution in [3.05, 3.63) is 29.8 Å². The minimum absolute atomic E-state index is 0.501. The van der Waals surface area contributed by atoms with E-state index in [4.69, 9.17) is 5.10 Å². The van der Waals surface area contributed by atoms with Gasteiger partial charge in [-0.15, -0.1) is 20.4 Å². The summed E-state index contributed by atoms with van der Waals surface area (Å²) in [6.45, 7) is 2.75. The van der Waals surface area contributed by atoms with Crippen LogP contribution in [0.15, 0.2) is 18.3 Å². The molecule has 136 valence electrons. The van der Waals surface area contributed by atoms with Gasteiger partial charge in [0.05, 0.1) is 5.69 Å². The first-order chi connectivity index (χ1) is 12.7. The molecule has 1 saturated carbocycles. The fourth-order valence-corrected chi connectivity index (χ4v) is 3.66. The Morgan fingerprint density at radius 2 is 2.00 bits per heavy atom. The molecule has 9 heteroatoms. The van der Waals surface area contributed by atoms with E-state index in [0.717, 1.165) is 42.6 Å². The molecule has 0 radical (unpaired) electrons. The summed E-state index contributed by atoms with van der Waals surface area (Å²) in [5.41, 5.74) is 1.84. The molecule has 1 aliphatic carbocycles. The van der Waals surface area contributed by atoms with Crippen molar-refractivity contribution in [2.45, 2.75) is 37.8 Å². The summed E-state index contributed by atoms with van der Waals surface area (Å²) >= 11 is 0.